The van der Waals surface area contributed by atoms with Crippen LogP contribution < -0.4 is 15.6 Å². The predicted molar refractivity (Wildman–Crippen MR) is 83.9 cm³/mol. The molecule has 0 heterocycles. The minimum absolute atomic E-state index is 0.137. The Hall–Kier alpha value is -1.72. The summed E-state index contributed by atoms with van der Waals surface area (Å²) in [5.41, 5.74) is 8.23. The van der Waals surface area contributed by atoms with E-state index in [1.54, 1.807) is 6.07 Å². The molecule has 5 heteroatoms. The maximum atomic E-state index is 9.76. The van der Waals surface area contributed by atoms with E-state index in [1.165, 1.54) is 0 Å². The van der Waals surface area contributed by atoms with E-state index < -0.39 is 0 Å². The van der Waals surface area contributed by atoms with Crippen molar-refractivity contribution in [2.24, 2.45) is 0 Å². The first-order valence-electron chi connectivity index (χ1n) is 6.38. The lowest BCUT2D eigenvalue weighted by Crippen LogP contribution is -2.21. The molecule has 0 saturated heterocycles. The smallest absolute Gasteiger partial charge is 0.161 e. The minimum atomic E-state index is 0.137. The Morgan fingerprint density at radius 1 is 1.20 bits per heavy atom. The van der Waals surface area contributed by atoms with Crippen molar-refractivity contribution < 1.29 is 9.84 Å². The Morgan fingerprint density at radius 2 is 1.95 bits per heavy atom. The molecule has 0 aliphatic heterocycles. The van der Waals surface area contributed by atoms with Gasteiger partial charge in [0, 0.05) is 16.7 Å². The highest BCUT2D eigenvalue weighted by molar-refractivity contribution is 9.10. The largest absolute Gasteiger partial charge is 0.504 e. The normalized spacial score (nSPS) is 10.3. The van der Waals surface area contributed by atoms with E-state index in [-0.39, 0.29) is 5.75 Å². The molecular formula is C15H17BrN2O2. The van der Waals surface area contributed by atoms with Crippen LogP contribution in [0, 0.1) is 0 Å². The third-order valence-corrected chi connectivity index (χ3v) is 3.45. The topological polar surface area (TPSA) is 53.5 Å². The second kappa shape index (κ2) is 7.17. The minimum Gasteiger partial charge on any atom is -0.504 e. The Labute approximate surface area is 126 Å². The van der Waals surface area contributed by atoms with Crippen molar-refractivity contribution in [1.82, 2.24) is 5.43 Å². The summed E-state index contributed by atoms with van der Waals surface area (Å²) in [5.74, 6) is 0.630. The van der Waals surface area contributed by atoms with Gasteiger partial charge in [-0.2, -0.15) is 0 Å². The van der Waals surface area contributed by atoms with Crippen LogP contribution in [-0.2, 0) is 6.54 Å². The molecular weight excluding hydrogens is 320 g/mol. The highest BCUT2D eigenvalue weighted by Gasteiger charge is 2.08. The van der Waals surface area contributed by atoms with Gasteiger partial charge in [-0.1, -0.05) is 34.1 Å². The van der Waals surface area contributed by atoms with E-state index >= 15 is 0 Å². The fraction of sp³-hybridized carbons (Fsp3) is 0.200. The number of hydrazine groups is 1. The molecule has 0 radical (unpaired) electrons. The van der Waals surface area contributed by atoms with Gasteiger partial charge in [-0.05, 0) is 36.8 Å². The summed E-state index contributed by atoms with van der Waals surface area (Å²) in [5, 5.41) is 9.76. The van der Waals surface area contributed by atoms with Crippen molar-refractivity contribution in [3.63, 3.8) is 0 Å². The van der Waals surface area contributed by atoms with Gasteiger partial charge in [0.05, 0.1) is 6.61 Å². The van der Waals surface area contributed by atoms with Crippen molar-refractivity contribution in [2.45, 2.75) is 13.5 Å². The van der Waals surface area contributed by atoms with Gasteiger partial charge >= 0.3 is 0 Å². The van der Waals surface area contributed by atoms with Crippen molar-refractivity contribution in [3.05, 3.63) is 52.5 Å². The van der Waals surface area contributed by atoms with Gasteiger partial charge in [-0.3, -0.25) is 0 Å². The van der Waals surface area contributed by atoms with Crippen LogP contribution in [0.15, 0.2) is 46.9 Å². The lowest BCUT2D eigenvalue weighted by atomic mass is 10.2. The molecule has 0 bridgehead atoms. The molecule has 0 unspecified atom stereocenters. The number of benzene rings is 2. The first-order valence-corrected chi connectivity index (χ1v) is 7.18. The van der Waals surface area contributed by atoms with Gasteiger partial charge in [-0.25, -0.2) is 5.43 Å². The first-order chi connectivity index (χ1) is 9.70. The summed E-state index contributed by atoms with van der Waals surface area (Å²) in [7, 11) is 0. The second-order valence-corrected chi connectivity index (χ2v) is 5.04. The predicted octanol–water partition coefficient (Wildman–Crippen LogP) is 3.67. The monoisotopic (exact) mass is 336 g/mol. The maximum absolute atomic E-state index is 9.76. The molecule has 0 fully saturated rings. The van der Waals surface area contributed by atoms with E-state index in [2.05, 4.69) is 26.8 Å². The second-order valence-electron chi connectivity index (χ2n) is 4.19. The van der Waals surface area contributed by atoms with Crippen LogP contribution in [0.2, 0.25) is 0 Å². The van der Waals surface area contributed by atoms with Crippen LogP contribution in [0.3, 0.4) is 0 Å². The summed E-state index contributed by atoms with van der Waals surface area (Å²) in [4.78, 5) is 0. The third kappa shape index (κ3) is 3.88. The summed E-state index contributed by atoms with van der Waals surface area (Å²) in [6.07, 6.45) is 0. The van der Waals surface area contributed by atoms with Gasteiger partial charge in [-0.15, -0.1) is 0 Å². The van der Waals surface area contributed by atoms with Crippen LogP contribution in [0.1, 0.15) is 12.5 Å². The number of halogens is 1. The molecule has 0 aliphatic rings. The molecule has 106 valence electrons. The zero-order valence-electron chi connectivity index (χ0n) is 11.2. The average molecular weight is 337 g/mol. The van der Waals surface area contributed by atoms with E-state index in [0.29, 0.717) is 18.9 Å². The molecule has 0 spiro atoms. The Morgan fingerprint density at radius 3 is 2.65 bits per heavy atom. The number of aromatic hydroxyl groups is 1. The standard InChI is InChI=1S/C15H17BrN2O2/c1-2-20-15-8-11(13(16)9-14(15)19)10-17-18-12-6-4-3-5-7-12/h3-9,17-19H,2,10H2,1H3. The molecule has 20 heavy (non-hydrogen) atoms. The zero-order valence-corrected chi connectivity index (χ0v) is 12.8. The third-order valence-electron chi connectivity index (χ3n) is 2.71. The van der Waals surface area contributed by atoms with Gasteiger partial charge in [0.1, 0.15) is 0 Å². The molecule has 0 saturated carbocycles. The lowest BCUT2D eigenvalue weighted by molar-refractivity contribution is 0.317. The van der Waals surface area contributed by atoms with Crippen molar-refractivity contribution >= 4 is 21.6 Å². The summed E-state index contributed by atoms with van der Waals surface area (Å²) in [6, 6.07) is 13.3. The molecule has 0 aliphatic carbocycles. The molecule has 2 aromatic rings. The summed E-state index contributed by atoms with van der Waals surface area (Å²) in [6.45, 7) is 3.00. The number of ether oxygens (including phenoxy) is 1. The van der Waals surface area contributed by atoms with Crippen LogP contribution in [0.4, 0.5) is 5.69 Å². The fourth-order valence-electron chi connectivity index (χ4n) is 1.75. The molecule has 2 aromatic carbocycles. The number of rotatable bonds is 6. The fourth-order valence-corrected chi connectivity index (χ4v) is 2.23. The number of anilines is 1. The summed E-state index contributed by atoms with van der Waals surface area (Å²) >= 11 is 3.44. The Kier molecular flexibility index (Phi) is 5.26. The number of para-hydroxylation sites is 1. The number of hydrogen-bond acceptors (Lipinski definition) is 4. The van der Waals surface area contributed by atoms with E-state index in [4.69, 9.17) is 4.74 Å². The van der Waals surface area contributed by atoms with Crippen molar-refractivity contribution in [3.8, 4) is 11.5 Å². The highest BCUT2D eigenvalue weighted by Crippen LogP contribution is 2.32. The van der Waals surface area contributed by atoms with Crippen LogP contribution in [0.25, 0.3) is 0 Å². The van der Waals surface area contributed by atoms with Gasteiger partial charge in [0.15, 0.2) is 11.5 Å². The van der Waals surface area contributed by atoms with E-state index in [9.17, 15) is 5.11 Å². The lowest BCUT2D eigenvalue weighted by Gasteiger charge is -2.12. The maximum Gasteiger partial charge on any atom is 0.161 e. The van der Waals surface area contributed by atoms with Gasteiger partial charge in [0.2, 0.25) is 0 Å². The quantitative estimate of drug-likeness (QED) is 0.704. The van der Waals surface area contributed by atoms with Gasteiger partial charge in [0.25, 0.3) is 0 Å². The van der Waals surface area contributed by atoms with E-state index in [0.717, 1.165) is 15.7 Å². The molecule has 2 rings (SSSR count). The van der Waals surface area contributed by atoms with Crippen LogP contribution in [-0.4, -0.2) is 11.7 Å². The van der Waals surface area contributed by atoms with Crippen molar-refractivity contribution in [2.75, 3.05) is 12.0 Å². The zero-order chi connectivity index (χ0) is 14.4. The molecule has 4 nitrogen and oxygen atoms in total. The molecule has 3 N–H and O–H groups in total. The van der Waals surface area contributed by atoms with Crippen LogP contribution in [0.5, 0.6) is 11.5 Å². The Bertz CT molecular complexity index is 561. The number of phenolic OH excluding ortho intramolecular Hbond substituents is 1. The van der Waals surface area contributed by atoms with Crippen LogP contribution >= 0.6 is 15.9 Å². The summed E-state index contributed by atoms with van der Waals surface area (Å²) < 4.78 is 6.21. The molecule has 0 amide bonds. The number of hydrogen-bond donors (Lipinski definition) is 3. The SMILES string of the molecule is CCOc1cc(CNNc2ccccc2)c(Br)cc1O. The van der Waals surface area contributed by atoms with E-state index in [1.807, 2.05) is 43.3 Å². The average Bonchev–Trinajstić information content (AvgIpc) is 2.45. The highest BCUT2D eigenvalue weighted by atomic mass is 79.9. The van der Waals surface area contributed by atoms with Gasteiger partial charge < -0.3 is 15.3 Å². The number of phenols is 1. The van der Waals surface area contributed by atoms with Crippen molar-refractivity contribution in [1.29, 1.82) is 0 Å². The number of nitrogens with one attached hydrogen (secondary N) is 2. The first kappa shape index (κ1) is 14.7. The molecule has 0 aromatic heterocycles. The molecule has 0 atom stereocenters. The Balaban J connectivity index is 2.00.